The van der Waals surface area contributed by atoms with Crippen LogP contribution in [-0.2, 0) is 9.59 Å². The van der Waals surface area contributed by atoms with E-state index in [2.05, 4.69) is 5.32 Å². The lowest BCUT2D eigenvalue weighted by Gasteiger charge is -2.33. The minimum Gasteiger partial charge on any atom is -0.303 e. The van der Waals surface area contributed by atoms with Gasteiger partial charge < -0.3 is 5.32 Å². The molecule has 0 aliphatic heterocycles. The van der Waals surface area contributed by atoms with Gasteiger partial charge in [0.2, 0.25) is 0 Å². The van der Waals surface area contributed by atoms with Gasteiger partial charge in [-0.3, -0.25) is 9.59 Å². The van der Waals surface area contributed by atoms with Crippen molar-refractivity contribution in [3.05, 3.63) is 0 Å². The fourth-order valence-electron chi connectivity index (χ4n) is 1.92. The Labute approximate surface area is 118 Å². The standard InChI is InChI=1S/C16H31NO2/c1-8-12(18)10-11-13(17-15(3,4)5)14(19)16(6,7)9-2/h13,17H,8-11H2,1-7H3. The zero-order chi connectivity index (χ0) is 15.3. The van der Waals surface area contributed by atoms with Crippen LogP contribution in [0.1, 0.15) is 74.1 Å². The summed E-state index contributed by atoms with van der Waals surface area (Å²) in [5, 5.41) is 3.37. The van der Waals surface area contributed by atoms with Crippen molar-refractivity contribution in [2.24, 2.45) is 5.41 Å². The summed E-state index contributed by atoms with van der Waals surface area (Å²) in [4.78, 5) is 24.1. The van der Waals surface area contributed by atoms with Crippen molar-refractivity contribution >= 4 is 11.6 Å². The molecule has 112 valence electrons. The predicted molar refractivity (Wildman–Crippen MR) is 80.3 cm³/mol. The topological polar surface area (TPSA) is 46.2 Å². The average molecular weight is 269 g/mol. The van der Waals surface area contributed by atoms with E-state index in [-0.39, 0.29) is 28.6 Å². The quantitative estimate of drug-likeness (QED) is 0.733. The lowest BCUT2D eigenvalue weighted by molar-refractivity contribution is -0.130. The zero-order valence-electron chi connectivity index (χ0n) is 13.7. The molecule has 0 amide bonds. The second kappa shape index (κ2) is 7.18. The summed E-state index contributed by atoms with van der Waals surface area (Å²) in [6.45, 7) is 14.0. The summed E-state index contributed by atoms with van der Waals surface area (Å²) < 4.78 is 0. The van der Waals surface area contributed by atoms with Crippen LogP contribution >= 0.6 is 0 Å². The van der Waals surface area contributed by atoms with Crippen molar-refractivity contribution in [2.45, 2.75) is 85.7 Å². The molecular weight excluding hydrogens is 238 g/mol. The smallest absolute Gasteiger partial charge is 0.155 e. The van der Waals surface area contributed by atoms with E-state index in [0.29, 0.717) is 19.3 Å². The summed E-state index contributed by atoms with van der Waals surface area (Å²) >= 11 is 0. The maximum atomic E-state index is 12.6. The molecule has 3 heteroatoms. The molecule has 0 saturated heterocycles. The molecule has 0 aromatic rings. The van der Waals surface area contributed by atoms with Crippen LogP contribution in [-0.4, -0.2) is 23.1 Å². The molecule has 0 aromatic carbocycles. The third kappa shape index (κ3) is 6.86. The van der Waals surface area contributed by atoms with Crippen LogP contribution in [0.4, 0.5) is 0 Å². The van der Waals surface area contributed by atoms with Crippen LogP contribution in [0.5, 0.6) is 0 Å². The molecule has 0 heterocycles. The van der Waals surface area contributed by atoms with Crippen molar-refractivity contribution in [3.8, 4) is 0 Å². The normalized spacial score (nSPS) is 14.3. The summed E-state index contributed by atoms with van der Waals surface area (Å²) in [7, 11) is 0. The number of hydrogen-bond acceptors (Lipinski definition) is 3. The molecule has 0 aromatic heterocycles. The van der Waals surface area contributed by atoms with Crippen LogP contribution in [0.3, 0.4) is 0 Å². The van der Waals surface area contributed by atoms with Crippen molar-refractivity contribution in [3.63, 3.8) is 0 Å². The number of nitrogens with one attached hydrogen (secondary N) is 1. The number of hydrogen-bond donors (Lipinski definition) is 1. The molecule has 0 aliphatic carbocycles. The molecule has 0 fully saturated rings. The summed E-state index contributed by atoms with van der Waals surface area (Å²) in [5.74, 6) is 0.441. The Morgan fingerprint density at radius 1 is 1.05 bits per heavy atom. The number of Topliss-reactive ketones (excluding diaryl/α,β-unsaturated/α-hetero) is 2. The molecule has 3 nitrogen and oxygen atoms in total. The van der Waals surface area contributed by atoms with Gasteiger partial charge in [-0.15, -0.1) is 0 Å². The van der Waals surface area contributed by atoms with Gasteiger partial charge in [-0.1, -0.05) is 27.7 Å². The summed E-state index contributed by atoms with van der Waals surface area (Å²) in [5.41, 5.74) is -0.461. The number of carbonyl (C=O) groups excluding carboxylic acids is 2. The maximum absolute atomic E-state index is 12.6. The minimum atomic E-state index is -0.335. The predicted octanol–water partition coefficient (Wildman–Crippen LogP) is 3.51. The Hall–Kier alpha value is -0.700. The van der Waals surface area contributed by atoms with Crippen LogP contribution in [0.25, 0.3) is 0 Å². The van der Waals surface area contributed by atoms with Gasteiger partial charge in [0.1, 0.15) is 5.78 Å². The third-order valence-corrected chi connectivity index (χ3v) is 3.58. The van der Waals surface area contributed by atoms with E-state index in [4.69, 9.17) is 0 Å². The van der Waals surface area contributed by atoms with E-state index < -0.39 is 0 Å². The molecule has 0 rings (SSSR count). The molecule has 1 atom stereocenters. The van der Waals surface area contributed by atoms with Crippen molar-refractivity contribution in [1.82, 2.24) is 5.32 Å². The Morgan fingerprint density at radius 3 is 1.95 bits per heavy atom. The van der Waals surface area contributed by atoms with Crippen molar-refractivity contribution in [1.29, 1.82) is 0 Å². The fourth-order valence-corrected chi connectivity index (χ4v) is 1.92. The molecular formula is C16H31NO2. The SMILES string of the molecule is CCC(=O)CCC(NC(C)(C)C)C(=O)C(C)(C)CC. The lowest BCUT2D eigenvalue weighted by atomic mass is 9.80. The lowest BCUT2D eigenvalue weighted by Crippen LogP contribution is -2.51. The molecule has 0 aliphatic rings. The minimum absolute atomic E-state index is 0.126. The van der Waals surface area contributed by atoms with E-state index >= 15 is 0 Å². The number of rotatable bonds is 8. The first-order valence-corrected chi connectivity index (χ1v) is 7.37. The van der Waals surface area contributed by atoms with E-state index in [1.165, 1.54) is 0 Å². The fraction of sp³-hybridized carbons (Fsp3) is 0.875. The zero-order valence-corrected chi connectivity index (χ0v) is 13.7. The van der Waals surface area contributed by atoms with E-state index in [1.807, 2.05) is 48.5 Å². The maximum Gasteiger partial charge on any atom is 0.155 e. The van der Waals surface area contributed by atoms with Crippen LogP contribution < -0.4 is 5.32 Å². The highest BCUT2D eigenvalue weighted by Crippen LogP contribution is 2.25. The Bertz CT molecular complexity index is 313. The monoisotopic (exact) mass is 269 g/mol. The molecule has 0 spiro atoms. The molecule has 1 N–H and O–H groups in total. The molecule has 19 heavy (non-hydrogen) atoms. The molecule has 1 unspecified atom stereocenters. The highest BCUT2D eigenvalue weighted by Gasteiger charge is 2.33. The van der Waals surface area contributed by atoms with Crippen LogP contribution in [0.2, 0.25) is 0 Å². The van der Waals surface area contributed by atoms with Crippen LogP contribution in [0, 0.1) is 5.41 Å². The molecule has 0 saturated carbocycles. The first-order chi connectivity index (χ1) is 8.53. The van der Waals surface area contributed by atoms with E-state index in [0.717, 1.165) is 6.42 Å². The third-order valence-electron chi connectivity index (χ3n) is 3.58. The van der Waals surface area contributed by atoms with Gasteiger partial charge in [-0.25, -0.2) is 0 Å². The highest BCUT2D eigenvalue weighted by atomic mass is 16.1. The van der Waals surface area contributed by atoms with Crippen molar-refractivity contribution in [2.75, 3.05) is 0 Å². The summed E-state index contributed by atoms with van der Waals surface area (Å²) in [6.07, 6.45) is 2.45. The highest BCUT2D eigenvalue weighted by molar-refractivity contribution is 5.89. The average Bonchev–Trinajstić information content (AvgIpc) is 2.31. The molecule has 0 bridgehead atoms. The van der Waals surface area contributed by atoms with Gasteiger partial charge in [0, 0.05) is 23.8 Å². The Morgan fingerprint density at radius 2 is 1.58 bits per heavy atom. The van der Waals surface area contributed by atoms with Gasteiger partial charge in [0.05, 0.1) is 6.04 Å². The largest absolute Gasteiger partial charge is 0.303 e. The van der Waals surface area contributed by atoms with E-state index in [1.54, 1.807) is 0 Å². The Balaban J connectivity index is 4.86. The summed E-state index contributed by atoms with van der Waals surface area (Å²) in [6, 6.07) is -0.231. The Kier molecular flexibility index (Phi) is 6.92. The second-order valence-corrected chi connectivity index (χ2v) is 6.98. The number of carbonyl (C=O) groups is 2. The first kappa shape index (κ1) is 18.3. The van der Waals surface area contributed by atoms with Gasteiger partial charge in [-0.2, -0.15) is 0 Å². The van der Waals surface area contributed by atoms with Crippen molar-refractivity contribution < 1.29 is 9.59 Å². The van der Waals surface area contributed by atoms with Gasteiger partial charge in [0.15, 0.2) is 5.78 Å². The number of ketones is 2. The van der Waals surface area contributed by atoms with E-state index in [9.17, 15) is 9.59 Å². The first-order valence-electron chi connectivity index (χ1n) is 7.37. The second-order valence-electron chi connectivity index (χ2n) is 6.98. The van der Waals surface area contributed by atoms with Gasteiger partial charge in [0.25, 0.3) is 0 Å². The molecule has 0 radical (unpaired) electrons. The van der Waals surface area contributed by atoms with Crippen LogP contribution in [0.15, 0.2) is 0 Å². The van der Waals surface area contributed by atoms with Gasteiger partial charge in [-0.05, 0) is 33.6 Å². The van der Waals surface area contributed by atoms with Gasteiger partial charge >= 0.3 is 0 Å².